The molecular weight excluding hydrogens is 470 g/mol. The van der Waals surface area contributed by atoms with Crippen molar-refractivity contribution in [1.82, 2.24) is 4.98 Å². The number of carbonyl (C=O) groups excluding carboxylic acids is 1. The zero-order valence-corrected chi connectivity index (χ0v) is 23.0. The molecule has 0 spiro atoms. The summed E-state index contributed by atoms with van der Waals surface area (Å²) in [5, 5.41) is 10.3. The number of thiazole rings is 1. The number of aryl methyl sites for hydroxylation is 3. The Bertz CT molecular complexity index is 1210. The van der Waals surface area contributed by atoms with Crippen LogP contribution < -0.4 is 4.74 Å². The van der Waals surface area contributed by atoms with E-state index < -0.39 is 11.6 Å². The second-order valence-corrected chi connectivity index (χ2v) is 11.2. The summed E-state index contributed by atoms with van der Waals surface area (Å²) in [5.41, 5.74) is 3.53. The van der Waals surface area contributed by atoms with Gasteiger partial charge in [0.25, 0.3) is 0 Å². The fourth-order valence-electron chi connectivity index (χ4n) is 3.94. The molecule has 0 aliphatic heterocycles. The van der Waals surface area contributed by atoms with Crippen molar-refractivity contribution in [2.75, 3.05) is 0 Å². The Morgan fingerprint density at radius 1 is 1.08 bits per heavy atom. The lowest BCUT2D eigenvalue weighted by atomic mass is 10.0. The molecule has 3 rings (SSSR count). The van der Waals surface area contributed by atoms with Crippen LogP contribution in [-0.4, -0.2) is 27.4 Å². The number of benzene rings is 2. The number of hydrogen-bond acceptors (Lipinski definition) is 5. The first-order valence-electron chi connectivity index (χ1n) is 12.7. The van der Waals surface area contributed by atoms with E-state index in [1.165, 1.54) is 32.3 Å². The van der Waals surface area contributed by atoms with Crippen LogP contribution in [0.25, 0.3) is 10.6 Å². The first-order chi connectivity index (χ1) is 17.0. The second kappa shape index (κ2) is 11.8. The number of carbonyl (C=O) groups is 2. The van der Waals surface area contributed by atoms with E-state index in [2.05, 4.69) is 45.0 Å². The van der Waals surface area contributed by atoms with Crippen LogP contribution in [0.5, 0.6) is 5.75 Å². The highest BCUT2D eigenvalue weighted by Gasteiger charge is 2.30. The molecular formula is C30H37NO4S. The molecule has 1 heterocycles. The first-order valence-corrected chi connectivity index (χ1v) is 13.5. The molecule has 0 bridgehead atoms. The Balaban J connectivity index is 1.72. The number of unbranched alkanes of at least 4 members (excludes halogenated alkanes) is 1. The van der Waals surface area contributed by atoms with Gasteiger partial charge in [-0.2, -0.15) is 0 Å². The van der Waals surface area contributed by atoms with Crippen LogP contribution in [-0.2, 0) is 17.6 Å². The van der Waals surface area contributed by atoms with Crippen LogP contribution in [0.1, 0.15) is 91.9 Å². The van der Waals surface area contributed by atoms with E-state index >= 15 is 0 Å². The van der Waals surface area contributed by atoms with Gasteiger partial charge in [-0.1, -0.05) is 51.5 Å². The molecule has 0 radical (unpaired) electrons. The average Bonchev–Trinajstić information content (AvgIpc) is 3.27. The van der Waals surface area contributed by atoms with Crippen molar-refractivity contribution in [2.24, 2.45) is 0 Å². The molecule has 1 aromatic heterocycles. The summed E-state index contributed by atoms with van der Waals surface area (Å²) in [6.45, 7) is 11.3. The first kappa shape index (κ1) is 27.6. The fraction of sp³-hybridized carbons (Fsp3) is 0.433. The highest BCUT2D eigenvalue weighted by Crippen LogP contribution is 2.33. The van der Waals surface area contributed by atoms with E-state index in [1.807, 2.05) is 6.92 Å². The lowest BCUT2D eigenvalue weighted by Gasteiger charge is -2.22. The van der Waals surface area contributed by atoms with E-state index in [0.717, 1.165) is 33.1 Å². The molecule has 0 saturated carbocycles. The van der Waals surface area contributed by atoms with Gasteiger partial charge in [-0.15, -0.1) is 11.3 Å². The van der Waals surface area contributed by atoms with E-state index in [0.29, 0.717) is 24.2 Å². The summed E-state index contributed by atoms with van der Waals surface area (Å²) in [4.78, 5) is 30.5. The number of ketones is 1. The molecule has 0 atom stereocenters. The van der Waals surface area contributed by atoms with Crippen molar-refractivity contribution in [3.8, 4) is 16.3 Å². The van der Waals surface area contributed by atoms with E-state index in [9.17, 15) is 14.7 Å². The Kier molecular flexibility index (Phi) is 9.07. The van der Waals surface area contributed by atoms with Crippen molar-refractivity contribution in [3.05, 3.63) is 69.7 Å². The second-order valence-electron chi connectivity index (χ2n) is 10.1. The van der Waals surface area contributed by atoms with Crippen molar-refractivity contribution in [2.45, 2.75) is 85.2 Å². The monoisotopic (exact) mass is 507 g/mol. The number of aromatic nitrogens is 1. The zero-order chi connectivity index (χ0) is 26.5. The Labute approximate surface area is 218 Å². The van der Waals surface area contributed by atoms with Crippen LogP contribution in [0.2, 0.25) is 0 Å². The SMILES string of the molecule is CCCCc1ccc(-c2nc(C(C)C)c(CCC(=O)c3ccc(OC(C)(C)C(=O)O)c(C)c3)s2)cc1. The minimum absolute atomic E-state index is 0.0482. The molecule has 3 aromatic rings. The minimum Gasteiger partial charge on any atom is -0.478 e. The van der Waals surface area contributed by atoms with Gasteiger partial charge in [-0.05, 0) is 75.3 Å². The molecule has 0 saturated heterocycles. The predicted molar refractivity (Wildman–Crippen MR) is 146 cm³/mol. The molecule has 0 amide bonds. The summed E-state index contributed by atoms with van der Waals surface area (Å²) in [6, 6.07) is 13.9. The van der Waals surface area contributed by atoms with Gasteiger partial charge in [0.05, 0.1) is 5.69 Å². The van der Waals surface area contributed by atoms with Gasteiger partial charge in [-0.25, -0.2) is 9.78 Å². The van der Waals surface area contributed by atoms with Crippen LogP contribution in [0.15, 0.2) is 42.5 Å². The lowest BCUT2D eigenvalue weighted by molar-refractivity contribution is -0.152. The lowest BCUT2D eigenvalue weighted by Crippen LogP contribution is -2.38. The average molecular weight is 508 g/mol. The summed E-state index contributed by atoms with van der Waals surface area (Å²) in [7, 11) is 0. The third-order valence-corrected chi connectivity index (χ3v) is 7.43. The van der Waals surface area contributed by atoms with Gasteiger partial charge in [0.15, 0.2) is 11.4 Å². The van der Waals surface area contributed by atoms with Gasteiger partial charge >= 0.3 is 5.97 Å². The highest BCUT2D eigenvalue weighted by atomic mass is 32.1. The number of ether oxygens (including phenoxy) is 1. The van der Waals surface area contributed by atoms with Crippen molar-refractivity contribution >= 4 is 23.1 Å². The van der Waals surface area contributed by atoms with E-state index in [4.69, 9.17) is 9.72 Å². The number of aliphatic carboxylic acids is 1. The Morgan fingerprint density at radius 2 is 1.78 bits per heavy atom. The van der Waals surface area contributed by atoms with Gasteiger partial charge in [0.1, 0.15) is 10.8 Å². The van der Waals surface area contributed by atoms with Gasteiger partial charge in [0.2, 0.25) is 0 Å². The van der Waals surface area contributed by atoms with E-state index in [-0.39, 0.29) is 11.7 Å². The molecule has 192 valence electrons. The number of hydrogen-bond donors (Lipinski definition) is 1. The maximum absolute atomic E-state index is 13.0. The topological polar surface area (TPSA) is 76.5 Å². The highest BCUT2D eigenvalue weighted by molar-refractivity contribution is 7.15. The maximum Gasteiger partial charge on any atom is 0.347 e. The van der Waals surface area contributed by atoms with Crippen molar-refractivity contribution < 1.29 is 19.4 Å². The number of nitrogens with zero attached hydrogens (tertiary/aromatic N) is 1. The third kappa shape index (κ3) is 6.82. The van der Waals surface area contributed by atoms with Gasteiger partial charge < -0.3 is 9.84 Å². The molecule has 6 heteroatoms. The Morgan fingerprint density at radius 3 is 2.36 bits per heavy atom. The Hall–Kier alpha value is -2.99. The summed E-state index contributed by atoms with van der Waals surface area (Å²) >= 11 is 1.68. The number of carboxylic acid groups (broad SMARTS) is 1. The molecule has 2 aromatic carbocycles. The molecule has 5 nitrogen and oxygen atoms in total. The molecule has 0 aliphatic rings. The summed E-state index contributed by atoms with van der Waals surface area (Å²) < 4.78 is 5.65. The fourth-order valence-corrected chi connectivity index (χ4v) is 5.16. The standard InChI is InChI=1S/C30H37NO4S/c1-7-8-9-21-10-12-22(13-11-21)28-31-27(19(2)3)26(36-28)17-15-24(32)23-14-16-25(20(4)18-23)35-30(5,6)29(33)34/h10-14,16,18-19H,7-9,15,17H2,1-6H3,(H,33,34). The normalized spacial score (nSPS) is 11.6. The molecule has 1 N–H and O–H groups in total. The van der Waals surface area contributed by atoms with Crippen LogP contribution >= 0.6 is 11.3 Å². The third-order valence-electron chi connectivity index (χ3n) is 6.25. The zero-order valence-electron chi connectivity index (χ0n) is 22.2. The molecule has 0 unspecified atom stereocenters. The van der Waals surface area contributed by atoms with Gasteiger partial charge in [0, 0.05) is 22.4 Å². The largest absolute Gasteiger partial charge is 0.478 e. The van der Waals surface area contributed by atoms with Crippen molar-refractivity contribution in [3.63, 3.8) is 0 Å². The van der Waals surface area contributed by atoms with Crippen LogP contribution in [0.4, 0.5) is 0 Å². The smallest absolute Gasteiger partial charge is 0.347 e. The summed E-state index contributed by atoms with van der Waals surface area (Å²) in [5.74, 6) is -0.250. The molecule has 0 aliphatic carbocycles. The predicted octanol–water partition coefficient (Wildman–Crippen LogP) is 7.64. The quantitative estimate of drug-likeness (QED) is 0.255. The summed E-state index contributed by atoms with van der Waals surface area (Å²) in [6.07, 6.45) is 4.51. The number of Topliss-reactive ketones (excluding diaryl/α,β-unsaturated/α-hetero) is 1. The molecule has 0 fully saturated rings. The van der Waals surface area contributed by atoms with Crippen LogP contribution in [0.3, 0.4) is 0 Å². The van der Waals surface area contributed by atoms with Crippen molar-refractivity contribution in [1.29, 1.82) is 0 Å². The van der Waals surface area contributed by atoms with Crippen LogP contribution in [0, 0.1) is 6.92 Å². The number of carboxylic acids is 1. The number of rotatable bonds is 12. The maximum atomic E-state index is 13.0. The van der Waals surface area contributed by atoms with Gasteiger partial charge in [-0.3, -0.25) is 4.79 Å². The van der Waals surface area contributed by atoms with E-state index in [1.54, 1.807) is 29.5 Å². The minimum atomic E-state index is -1.34. The molecule has 36 heavy (non-hydrogen) atoms.